The maximum Gasteiger partial charge on any atom is 0.390 e. The highest BCUT2D eigenvalue weighted by Gasteiger charge is 2.26. The van der Waals surface area contributed by atoms with Crippen LogP contribution in [0.1, 0.15) is 23.8 Å². The van der Waals surface area contributed by atoms with Gasteiger partial charge in [0.15, 0.2) is 5.69 Å². The summed E-state index contributed by atoms with van der Waals surface area (Å²) >= 11 is 0. The van der Waals surface area contributed by atoms with E-state index in [2.05, 4.69) is 20.8 Å². The third-order valence-corrected chi connectivity index (χ3v) is 1.95. The minimum atomic E-state index is -4.21. The maximum atomic E-state index is 11.9. The van der Waals surface area contributed by atoms with Crippen molar-refractivity contribution >= 4 is 11.7 Å². The second-order valence-electron chi connectivity index (χ2n) is 3.46. The summed E-state index contributed by atoms with van der Waals surface area (Å²) in [7, 11) is 0. The summed E-state index contributed by atoms with van der Waals surface area (Å²) < 4.78 is 35.7. The number of rotatable bonds is 5. The van der Waals surface area contributed by atoms with Crippen LogP contribution >= 0.6 is 0 Å². The van der Waals surface area contributed by atoms with Crippen molar-refractivity contribution in [2.75, 3.05) is 18.4 Å². The van der Waals surface area contributed by atoms with Crippen LogP contribution in [-0.2, 0) is 0 Å². The molecular weight excluding hydrogens is 249 g/mol. The van der Waals surface area contributed by atoms with E-state index >= 15 is 0 Å². The Morgan fingerprint density at radius 3 is 2.56 bits per heavy atom. The van der Waals surface area contributed by atoms with Crippen molar-refractivity contribution in [1.29, 1.82) is 0 Å². The molecule has 0 aliphatic rings. The molecule has 0 aromatic carbocycles. The van der Waals surface area contributed by atoms with Crippen LogP contribution in [-0.4, -0.2) is 35.4 Å². The first-order valence-electron chi connectivity index (χ1n) is 5.35. The molecule has 2 N–H and O–H groups in total. The first-order valence-corrected chi connectivity index (χ1v) is 5.35. The van der Waals surface area contributed by atoms with Crippen LogP contribution in [0.2, 0.25) is 0 Å². The lowest BCUT2D eigenvalue weighted by Gasteiger charge is -2.07. The number of halogens is 3. The Morgan fingerprint density at radius 1 is 1.33 bits per heavy atom. The summed E-state index contributed by atoms with van der Waals surface area (Å²) in [4.78, 5) is 11.3. The van der Waals surface area contributed by atoms with Gasteiger partial charge in [0.2, 0.25) is 0 Å². The number of amides is 1. The van der Waals surface area contributed by atoms with Gasteiger partial charge in [0.05, 0.1) is 6.42 Å². The normalized spacial score (nSPS) is 11.1. The number of aromatic nitrogens is 2. The van der Waals surface area contributed by atoms with Gasteiger partial charge in [0.1, 0.15) is 5.82 Å². The average Bonchev–Trinajstić information content (AvgIpc) is 2.28. The molecule has 0 saturated carbocycles. The summed E-state index contributed by atoms with van der Waals surface area (Å²) in [5, 5.41) is 12.2. The van der Waals surface area contributed by atoms with Crippen molar-refractivity contribution in [3.05, 3.63) is 17.8 Å². The number of alkyl halides is 3. The zero-order valence-corrected chi connectivity index (χ0v) is 9.71. The van der Waals surface area contributed by atoms with Gasteiger partial charge in [-0.2, -0.15) is 13.2 Å². The van der Waals surface area contributed by atoms with Crippen molar-refractivity contribution in [1.82, 2.24) is 15.5 Å². The van der Waals surface area contributed by atoms with Crippen molar-refractivity contribution in [2.24, 2.45) is 0 Å². The van der Waals surface area contributed by atoms with Crippen LogP contribution in [0.5, 0.6) is 0 Å². The van der Waals surface area contributed by atoms with E-state index in [1.54, 1.807) is 6.92 Å². The maximum absolute atomic E-state index is 11.9. The van der Waals surface area contributed by atoms with Gasteiger partial charge in [-0.1, -0.05) is 0 Å². The highest BCUT2D eigenvalue weighted by atomic mass is 19.4. The van der Waals surface area contributed by atoms with Crippen LogP contribution in [0, 0.1) is 0 Å². The summed E-state index contributed by atoms with van der Waals surface area (Å²) in [6, 6.07) is 2.81. The van der Waals surface area contributed by atoms with Crippen LogP contribution in [0.15, 0.2) is 12.1 Å². The molecule has 1 aromatic heterocycles. The molecule has 0 unspecified atom stereocenters. The number of carbonyl (C=O) groups is 1. The van der Waals surface area contributed by atoms with Gasteiger partial charge in [-0.25, -0.2) is 0 Å². The first kappa shape index (κ1) is 14.2. The molecule has 0 atom stereocenters. The zero-order chi connectivity index (χ0) is 13.6. The molecule has 8 heteroatoms. The van der Waals surface area contributed by atoms with E-state index in [1.807, 2.05) is 0 Å². The molecular formula is C10H13F3N4O. The third kappa shape index (κ3) is 4.98. The van der Waals surface area contributed by atoms with Gasteiger partial charge in [-0.15, -0.1) is 10.2 Å². The Hall–Kier alpha value is -1.86. The van der Waals surface area contributed by atoms with Crippen LogP contribution < -0.4 is 10.6 Å². The Morgan fingerprint density at radius 2 is 2.06 bits per heavy atom. The van der Waals surface area contributed by atoms with E-state index in [4.69, 9.17) is 0 Å². The van der Waals surface area contributed by atoms with E-state index in [1.165, 1.54) is 12.1 Å². The van der Waals surface area contributed by atoms with Crippen molar-refractivity contribution in [2.45, 2.75) is 19.5 Å². The Kier molecular flexibility index (Phi) is 4.87. The van der Waals surface area contributed by atoms with Crippen molar-refractivity contribution in [3.8, 4) is 0 Å². The molecule has 0 aliphatic heterocycles. The molecule has 1 heterocycles. The summed E-state index contributed by atoms with van der Waals surface area (Å²) in [5.74, 6) is -0.167. The predicted molar refractivity (Wildman–Crippen MR) is 59.2 cm³/mol. The standard InChI is InChI=1S/C10H13F3N4O/c1-2-14-9(18)7-3-4-8(17-16-7)15-6-5-10(11,12)13/h3-4H,2,5-6H2,1H3,(H,14,18)(H,15,17). The number of hydrogen-bond donors (Lipinski definition) is 2. The number of nitrogens with zero attached hydrogens (tertiary/aromatic N) is 2. The summed E-state index contributed by atoms with van der Waals surface area (Å²) in [6.45, 7) is 1.95. The lowest BCUT2D eigenvalue weighted by Crippen LogP contribution is -2.24. The molecule has 1 aromatic rings. The number of anilines is 1. The Labute approximate surface area is 102 Å². The molecule has 0 bridgehead atoms. The van der Waals surface area contributed by atoms with E-state index < -0.39 is 12.6 Å². The first-order chi connectivity index (χ1) is 8.42. The van der Waals surface area contributed by atoms with Crippen LogP contribution in [0.3, 0.4) is 0 Å². The molecule has 0 aliphatic carbocycles. The Bertz CT molecular complexity index is 391. The molecule has 1 rings (SSSR count). The fraction of sp³-hybridized carbons (Fsp3) is 0.500. The van der Waals surface area contributed by atoms with Gasteiger partial charge in [0, 0.05) is 13.1 Å². The van der Waals surface area contributed by atoms with Gasteiger partial charge in [0.25, 0.3) is 5.91 Å². The molecule has 0 fully saturated rings. The number of hydrogen-bond acceptors (Lipinski definition) is 4. The Balaban J connectivity index is 2.48. The van der Waals surface area contributed by atoms with Gasteiger partial charge >= 0.3 is 6.18 Å². The molecule has 1 amide bonds. The van der Waals surface area contributed by atoms with Crippen LogP contribution in [0.25, 0.3) is 0 Å². The minimum Gasteiger partial charge on any atom is -0.368 e. The SMILES string of the molecule is CCNC(=O)c1ccc(NCCC(F)(F)F)nn1. The van der Waals surface area contributed by atoms with E-state index in [0.717, 1.165) is 0 Å². The quantitative estimate of drug-likeness (QED) is 0.845. The molecule has 0 radical (unpaired) electrons. The molecule has 0 spiro atoms. The van der Waals surface area contributed by atoms with E-state index in [-0.39, 0.29) is 24.0 Å². The smallest absolute Gasteiger partial charge is 0.368 e. The minimum absolute atomic E-state index is 0.123. The monoisotopic (exact) mass is 262 g/mol. The lowest BCUT2D eigenvalue weighted by molar-refractivity contribution is -0.131. The van der Waals surface area contributed by atoms with Crippen LogP contribution in [0.4, 0.5) is 19.0 Å². The largest absolute Gasteiger partial charge is 0.390 e. The second kappa shape index (κ2) is 6.18. The van der Waals surface area contributed by atoms with E-state index in [9.17, 15) is 18.0 Å². The fourth-order valence-electron chi connectivity index (χ4n) is 1.13. The number of carbonyl (C=O) groups excluding carboxylic acids is 1. The van der Waals surface area contributed by atoms with Crippen molar-refractivity contribution < 1.29 is 18.0 Å². The fourth-order valence-corrected chi connectivity index (χ4v) is 1.13. The summed E-state index contributed by atoms with van der Waals surface area (Å²) in [6.07, 6.45) is -5.16. The molecule has 100 valence electrons. The van der Waals surface area contributed by atoms with E-state index in [0.29, 0.717) is 6.54 Å². The van der Waals surface area contributed by atoms with Gasteiger partial charge in [-0.3, -0.25) is 4.79 Å². The molecule has 18 heavy (non-hydrogen) atoms. The molecule has 0 saturated heterocycles. The lowest BCUT2D eigenvalue weighted by atomic mass is 10.3. The predicted octanol–water partition coefficient (Wildman–Crippen LogP) is 1.59. The third-order valence-electron chi connectivity index (χ3n) is 1.95. The topological polar surface area (TPSA) is 66.9 Å². The number of nitrogens with one attached hydrogen (secondary N) is 2. The van der Waals surface area contributed by atoms with Gasteiger partial charge in [-0.05, 0) is 19.1 Å². The average molecular weight is 262 g/mol. The van der Waals surface area contributed by atoms with Gasteiger partial charge < -0.3 is 10.6 Å². The zero-order valence-electron chi connectivity index (χ0n) is 9.71. The highest BCUT2D eigenvalue weighted by Crippen LogP contribution is 2.19. The second-order valence-corrected chi connectivity index (χ2v) is 3.46. The highest BCUT2D eigenvalue weighted by molar-refractivity contribution is 5.92. The summed E-state index contributed by atoms with van der Waals surface area (Å²) in [5.41, 5.74) is 0.123. The van der Waals surface area contributed by atoms with Crippen molar-refractivity contribution in [3.63, 3.8) is 0 Å². The molecule has 5 nitrogen and oxygen atoms in total.